The van der Waals surface area contributed by atoms with Gasteiger partial charge in [-0.3, -0.25) is 10.2 Å². The molecule has 112 valence electrons. The summed E-state index contributed by atoms with van der Waals surface area (Å²) in [5.41, 5.74) is 3.20. The van der Waals surface area contributed by atoms with Crippen LogP contribution in [0.5, 0.6) is 11.5 Å². The Morgan fingerprint density at radius 1 is 1.24 bits per heavy atom. The van der Waals surface area contributed by atoms with Crippen LogP contribution in [-0.4, -0.2) is 41.3 Å². The lowest BCUT2D eigenvalue weighted by atomic mass is 10.2. The maximum atomic E-state index is 12.3. The third kappa shape index (κ3) is 3.10. The van der Waals surface area contributed by atoms with Crippen LogP contribution in [0.3, 0.4) is 0 Å². The molecule has 0 saturated carbocycles. The number of amides is 1. The van der Waals surface area contributed by atoms with Gasteiger partial charge >= 0.3 is 0 Å². The Labute approximate surface area is 126 Å². The quantitative estimate of drug-likeness (QED) is 0.847. The number of aryl methyl sites for hydroxylation is 1. The number of carbonyl (C=O) groups excluding carboxylic acids is 1. The first kappa shape index (κ1) is 15.2. The second-order valence-corrected chi connectivity index (χ2v) is 4.85. The Hall–Kier alpha value is -2.22. The highest BCUT2D eigenvalue weighted by Gasteiger charge is 2.14. The summed E-state index contributed by atoms with van der Waals surface area (Å²) in [4.78, 5) is 12.3. The average molecular weight is 308 g/mol. The first-order valence-corrected chi connectivity index (χ1v) is 7.32. The summed E-state index contributed by atoms with van der Waals surface area (Å²) >= 11 is 1.40. The number of hydrogen-bond acceptors (Lipinski definition) is 6. The lowest BCUT2D eigenvalue weighted by molar-refractivity contribution is 0.100. The fraction of sp³-hybridized carbons (Fsp3) is 0.308. The molecule has 0 aliphatic carbocycles. The number of nitrogens with one attached hydrogen (secondary N) is 1. The van der Waals surface area contributed by atoms with E-state index in [1.54, 1.807) is 36.9 Å². The van der Waals surface area contributed by atoms with E-state index in [0.29, 0.717) is 28.0 Å². The molecule has 21 heavy (non-hydrogen) atoms. The van der Waals surface area contributed by atoms with E-state index in [2.05, 4.69) is 15.6 Å². The van der Waals surface area contributed by atoms with Gasteiger partial charge in [-0.25, -0.2) is 4.68 Å². The number of methoxy groups -OCH3 is 2. The van der Waals surface area contributed by atoms with Gasteiger partial charge in [0.2, 0.25) is 5.16 Å². The largest absolute Gasteiger partial charge is 0.493 e. The van der Waals surface area contributed by atoms with E-state index in [4.69, 9.17) is 9.47 Å². The first-order valence-electron chi connectivity index (χ1n) is 6.10. The van der Waals surface area contributed by atoms with E-state index >= 15 is 0 Å². The molecule has 8 heteroatoms. The average Bonchev–Trinajstić information content (AvgIpc) is 2.86. The smallest absolute Gasteiger partial charge is 0.270 e. The monoisotopic (exact) mass is 308 g/mol. The number of ether oxygens (including phenoxy) is 2. The van der Waals surface area contributed by atoms with Crippen molar-refractivity contribution in [3.63, 3.8) is 0 Å². The predicted octanol–water partition coefficient (Wildman–Crippen LogP) is 1.71. The number of carbonyl (C=O) groups is 1. The van der Waals surface area contributed by atoms with Crippen LogP contribution in [0, 0.1) is 6.92 Å². The molecule has 1 amide bonds. The minimum absolute atomic E-state index is 0.283. The van der Waals surface area contributed by atoms with Gasteiger partial charge in [-0.1, -0.05) is 11.8 Å². The van der Waals surface area contributed by atoms with E-state index in [1.807, 2.05) is 6.26 Å². The zero-order valence-electron chi connectivity index (χ0n) is 12.2. The second-order valence-electron chi connectivity index (χ2n) is 4.08. The van der Waals surface area contributed by atoms with E-state index < -0.39 is 0 Å². The highest BCUT2D eigenvalue weighted by molar-refractivity contribution is 7.98. The number of thioether (sulfide) groups is 1. The van der Waals surface area contributed by atoms with Gasteiger partial charge in [-0.2, -0.15) is 0 Å². The van der Waals surface area contributed by atoms with Gasteiger partial charge in [0.1, 0.15) is 5.82 Å². The molecule has 1 aromatic carbocycles. The van der Waals surface area contributed by atoms with Crippen LogP contribution in [0.1, 0.15) is 16.2 Å². The van der Waals surface area contributed by atoms with Crippen LogP contribution < -0.4 is 14.9 Å². The van der Waals surface area contributed by atoms with Gasteiger partial charge < -0.3 is 9.47 Å². The van der Waals surface area contributed by atoms with Crippen LogP contribution in [-0.2, 0) is 0 Å². The Morgan fingerprint density at radius 2 is 1.95 bits per heavy atom. The third-order valence-electron chi connectivity index (χ3n) is 2.84. The molecule has 0 aliphatic heterocycles. The predicted molar refractivity (Wildman–Crippen MR) is 79.8 cm³/mol. The molecule has 0 aliphatic rings. The van der Waals surface area contributed by atoms with Crippen molar-refractivity contribution >= 4 is 17.7 Å². The zero-order valence-corrected chi connectivity index (χ0v) is 13.0. The van der Waals surface area contributed by atoms with Crippen molar-refractivity contribution in [2.24, 2.45) is 0 Å². The molecular formula is C13H16N4O3S. The summed E-state index contributed by atoms with van der Waals surface area (Å²) in [7, 11) is 3.07. The normalized spacial score (nSPS) is 10.3. The standard InChI is InChI=1S/C13H16N4O3S/c1-8-14-15-13(21-4)17(8)16-12(18)9-5-6-10(19-2)11(7-9)20-3/h5-7H,1-4H3,(H,16,18). The molecule has 0 saturated heterocycles. The van der Waals surface area contributed by atoms with Crippen molar-refractivity contribution in [1.29, 1.82) is 0 Å². The lowest BCUT2D eigenvalue weighted by Gasteiger charge is -2.11. The molecule has 2 aromatic rings. The number of aromatic nitrogens is 3. The Morgan fingerprint density at radius 3 is 2.57 bits per heavy atom. The Kier molecular flexibility index (Phi) is 4.69. The van der Waals surface area contributed by atoms with Gasteiger partial charge in [0.25, 0.3) is 5.91 Å². The van der Waals surface area contributed by atoms with E-state index in [0.717, 1.165) is 0 Å². The van der Waals surface area contributed by atoms with E-state index in [-0.39, 0.29) is 5.91 Å². The molecular weight excluding hydrogens is 292 g/mol. The number of rotatable bonds is 5. The van der Waals surface area contributed by atoms with Crippen molar-refractivity contribution in [2.75, 3.05) is 25.9 Å². The molecule has 1 aromatic heterocycles. The van der Waals surface area contributed by atoms with Gasteiger partial charge in [0.05, 0.1) is 14.2 Å². The molecule has 0 unspecified atom stereocenters. The van der Waals surface area contributed by atoms with Crippen molar-refractivity contribution in [3.05, 3.63) is 29.6 Å². The first-order chi connectivity index (χ1) is 10.1. The summed E-state index contributed by atoms with van der Waals surface area (Å²) in [5, 5.41) is 8.50. The molecule has 0 spiro atoms. The summed E-state index contributed by atoms with van der Waals surface area (Å²) in [6.07, 6.45) is 1.86. The minimum Gasteiger partial charge on any atom is -0.493 e. The summed E-state index contributed by atoms with van der Waals surface area (Å²) < 4.78 is 11.9. The second kappa shape index (κ2) is 6.49. The fourth-order valence-corrected chi connectivity index (χ4v) is 2.23. The van der Waals surface area contributed by atoms with Crippen LogP contribution in [0.4, 0.5) is 0 Å². The molecule has 0 bridgehead atoms. The molecule has 0 atom stereocenters. The molecule has 2 rings (SSSR count). The molecule has 0 radical (unpaired) electrons. The van der Waals surface area contributed by atoms with Crippen molar-refractivity contribution in [1.82, 2.24) is 14.9 Å². The van der Waals surface area contributed by atoms with Gasteiger partial charge in [-0.05, 0) is 31.4 Å². The van der Waals surface area contributed by atoms with Crippen molar-refractivity contribution in [3.8, 4) is 11.5 Å². The van der Waals surface area contributed by atoms with Gasteiger partial charge in [-0.15, -0.1) is 10.2 Å². The third-order valence-corrected chi connectivity index (χ3v) is 3.47. The molecule has 1 heterocycles. The minimum atomic E-state index is -0.283. The van der Waals surface area contributed by atoms with E-state index in [1.165, 1.54) is 18.9 Å². The van der Waals surface area contributed by atoms with Crippen LogP contribution >= 0.6 is 11.8 Å². The lowest BCUT2D eigenvalue weighted by Crippen LogP contribution is -2.24. The summed E-state index contributed by atoms with van der Waals surface area (Å²) in [5.74, 6) is 1.39. The number of benzene rings is 1. The SMILES string of the molecule is COc1ccc(C(=O)Nn2c(C)nnc2SC)cc1OC. The molecule has 1 N–H and O–H groups in total. The van der Waals surface area contributed by atoms with Crippen LogP contribution in [0.25, 0.3) is 0 Å². The number of nitrogens with zero attached hydrogens (tertiary/aromatic N) is 3. The maximum absolute atomic E-state index is 12.3. The maximum Gasteiger partial charge on any atom is 0.270 e. The molecule has 7 nitrogen and oxygen atoms in total. The van der Waals surface area contributed by atoms with Gasteiger partial charge in [0, 0.05) is 5.56 Å². The molecule has 0 fully saturated rings. The van der Waals surface area contributed by atoms with Crippen LogP contribution in [0.2, 0.25) is 0 Å². The highest BCUT2D eigenvalue weighted by atomic mass is 32.2. The zero-order chi connectivity index (χ0) is 15.4. The topological polar surface area (TPSA) is 78.3 Å². The Balaban J connectivity index is 2.26. The van der Waals surface area contributed by atoms with Crippen molar-refractivity contribution < 1.29 is 14.3 Å². The summed E-state index contributed by atoms with van der Waals surface area (Å²) in [6, 6.07) is 4.96. The van der Waals surface area contributed by atoms with Crippen molar-refractivity contribution in [2.45, 2.75) is 12.1 Å². The number of hydrogen-bond donors (Lipinski definition) is 1. The van der Waals surface area contributed by atoms with Crippen LogP contribution in [0.15, 0.2) is 23.4 Å². The van der Waals surface area contributed by atoms with Gasteiger partial charge in [0.15, 0.2) is 11.5 Å². The Bertz CT molecular complexity index is 657. The van der Waals surface area contributed by atoms with E-state index in [9.17, 15) is 4.79 Å². The fourth-order valence-electron chi connectivity index (χ4n) is 1.75. The summed E-state index contributed by atoms with van der Waals surface area (Å²) in [6.45, 7) is 1.77. The highest BCUT2D eigenvalue weighted by Crippen LogP contribution is 2.27.